The lowest BCUT2D eigenvalue weighted by Gasteiger charge is -2.37. The molecule has 0 saturated carbocycles. The summed E-state index contributed by atoms with van der Waals surface area (Å²) in [7, 11) is 0. The average Bonchev–Trinajstić information content (AvgIpc) is 3.21. The highest BCUT2D eigenvalue weighted by Gasteiger charge is 2.46. The van der Waals surface area contributed by atoms with Crippen LogP contribution in [0, 0.1) is 0 Å². The number of carbonyl (C=O) groups excluding carboxylic acids is 2. The van der Waals surface area contributed by atoms with E-state index in [-0.39, 0.29) is 11.8 Å². The van der Waals surface area contributed by atoms with Gasteiger partial charge in [-0.15, -0.1) is 0 Å². The fourth-order valence-corrected chi connectivity index (χ4v) is 5.10. The second-order valence-electron chi connectivity index (χ2n) is 8.95. The lowest BCUT2D eigenvalue weighted by atomic mass is 9.87. The number of carbonyl (C=O) groups is 2. The van der Waals surface area contributed by atoms with Crippen molar-refractivity contribution >= 4 is 29.1 Å². The van der Waals surface area contributed by atoms with Gasteiger partial charge in [-0.1, -0.05) is 35.9 Å². The first-order chi connectivity index (χ1) is 16.0. The minimum Gasteiger partial charge on any atom is -0.490 e. The van der Waals surface area contributed by atoms with Crippen molar-refractivity contribution in [2.75, 3.05) is 31.6 Å². The van der Waals surface area contributed by atoms with Crippen molar-refractivity contribution in [3.05, 3.63) is 59.1 Å². The highest BCUT2D eigenvalue weighted by atomic mass is 35.5. The van der Waals surface area contributed by atoms with Crippen LogP contribution < -0.4 is 10.1 Å². The summed E-state index contributed by atoms with van der Waals surface area (Å²) >= 11 is 6.07. The van der Waals surface area contributed by atoms with E-state index in [1.165, 1.54) is 0 Å². The number of rotatable bonds is 2. The summed E-state index contributed by atoms with van der Waals surface area (Å²) in [4.78, 5) is 30.1. The molecule has 7 heteroatoms. The first kappa shape index (κ1) is 23.6. The fourth-order valence-electron chi connectivity index (χ4n) is 4.98. The fraction of sp³-hybridized carbons (Fsp3) is 0.462. The van der Waals surface area contributed by atoms with E-state index in [0.29, 0.717) is 42.7 Å². The number of hydrogen-bond acceptors (Lipinski definition) is 4. The van der Waals surface area contributed by atoms with Crippen LogP contribution in [0.4, 0.5) is 5.69 Å². The molecule has 2 aromatic rings. The third-order valence-electron chi connectivity index (χ3n) is 6.80. The molecule has 1 spiro atoms. The van der Waals surface area contributed by atoms with Crippen LogP contribution in [0.25, 0.3) is 0 Å². The van der Waals surface area contributed by atoms with Crippen LogP contribution in [0.2, 0.25) is 5.02 Å². The average molecular weight is 470 g/mol. The van der Waals surface area contributed by atoms with Gasteiger partial charge in [-0.3, -0.25) is 14.5 Å². The van der Waals surface area contributed by atoms with Crippen LogP contribution >= 0.6 is 11.6 Å². The number of halogens is 1. The van der Waals surface area contributed by atoms with Crippen molar-refractivity contribution in [2.24, 2.45) is 0 Å². The lowest BCUT2D eigenvalue weighted by Crippen LogP contribution is -2.52. The molecular weight excluding hydrogens is 438 g/mol. The van der Waals surface area contributed by atoms with Crippen LogP contribution in [0.1, 0.15) is 44.6 Å². The Morgan fingerprint density at radius 1 is 1.03 bits per heavy atom. The Kier molecular flexibility index (Phi) is 7.56. The lowest BCUT2D eigenvalue weighted by molar-refractivity contribution is -0.130. The van der Waals surface area contributed by atoms with E-state index in [2.05, 4.69) is 10.2 Å². The maximum Gasteiger partial charge on any atom is 0.245 e. The number of nitrogens with one attached hydrogen (secondary N) is 1. The van der Waals surface area contributed by atoms with Gasteiger partial charge in [0.2, 0.25) is 11.8 Å². The summed E-state index contributed by atoms with van der Waals surface area (Å²) in [6.07, 6.45) is 4.26. The molecule has 0 bridgehead atoms. The van der Waals surface area contributed by atoms with Crippen LogP contribution in [0.5, 0.6) is 5.75 Å². The molecule has 1 saturated heterocycles. The molecule has 2 heterocycles. The zero-order valence-corrected chi connectivity index (χ0v) is 19.9. The van der Waals surface area contributed by atoms with Gasteiger partial charge in [-0.05, 0) is 68.5 Å². The summed E-state index contributed by atoms with van der Waals surface area (Å²) in [5, 5.41) is 3.89. The van der Waals surface area contributed by atoms with Crippen molar-refractivity contribution < 1.29 is 14.3 Å². The summed E-state index contributed by atoms with van der Waals surface area (Å²) in [6.45, 7) is 4.76. The summed E-state index contributed by atoms with van der Waals surface area (Å²) < 4.78 is 5.98. The number of hydrogen-bond donors (Lipinski definition) is 1. The normalized spacial score (nSPS) is 22.5. The number of nitrogens with zero attached hydrogens (tertiary/aromatic N) is 2. The Morgan fingerprint density at radius 3 is 2.58 bits per heavy atom. The molecule has 2 amide bonds. The molecule has 2 aromatic carbocycles. The molecule has 1 fully saturated rings. The number of likely N-dealkylation sites (tertiary alicyclic amines) is 1. The molecule has 2 aliphatic rings. The maximum absolute atomic E-state index is 13.8. The van der Waals surface area contributed by atoms with Crippen LogP contribution in [-0.4, -0.2) is 53.4 Å². The van der Waals surface area contributed by atoms with Gasteiger partial charge in [0, 0.05) is 25.0 Å². The van der Waals surface area contributed by atoms with E-state index in [9.17, 15) is 9.59 Å². The topological polar surface area (TPSA) is 61.9 Å². The summed E-state index contributed by atoms with van der Waals surface area (Å²) in [5.74, 6) is 0.703. The summed E-state index contributed by atoms with van der Waals surface area (Å²) in [5.41, 5.74) is 1.22. The van der Waals surface area contributed by atoms with Crippen molar-refractivity contribution in [3.63, 3.8) is 0 Å². The molecular formula is C26H32ClN3O3. The number of amides is 2. The molecule has 6 nitrogen and oxygen atoms in total. The molecule has 0 aromatic heterocycles. The van der Waals surface area contributed by atoms with Gasteiger partial charge < -0.3 is 15.0 Å². The van der Waals surface area contributed by atoms with E-state index < -0.39 is 5.54 Å². The molecule has 33 heavy (non-hydrogen) atoms. The third kappa shape index (κ3) is 5.50. The largest absolute Gasteiger partial charge is 0.490 e. The smallest absolute Gasteiger partial charge is 0.245 e. The molecule has 1 N–H and O–H groups in total. The Balaban J connectivity index is 1.62. The number of benzene rings is 2. The van der Waals surface area contributed by atoms with Crippen molar-refractivity contribution in [1.29, 1.82) is 0 Å². The minimum atomic E-state index is -0.595. The first-order valence-corrected chi connectivity index (χ1v) is 12.1. The van der Waals surface area contributed by atoms with E-state index in [1.54, 1.807) is 6.92 Å². The Labute approximate surface area is 200 Å². The summed E-state index contributed by atoms with van der Waals surface area (Å²) in [6, 6.07) is 15.4. The van der Waals surface area contributed by atoms with Crippen molar-refractivity contribution in [3.8, 4) is 5.75 Å². The molecule has 1 atom stereocenters. The molecule has 4 rings (SSSR count). The van der Waals surface area contributed by atoms with E-state index in [0.717, 1.165) is 44.2 Å². The van der Waals surface area contributed by atoms with E-state index in [1.807, 2.05) is 53.4 Å². The SMILES string of the molecule is CC(=O)N1CCCC[C@@]2(CCCN2Cc2ccc(Cl)cc2)C(=O)Nc2ccccc2OCC1. The molecule has 0 radical (unpaired) electrons. The van der Waals surface area contributed by atoms with E-state index >= 15 is 0 Å². The Hall–Kier alpha value is -2.57. The zero-order valence-electron chi connectivity index (χ0n) is 19.2. The number of fused-ring (bicyclic) bond motifs is 1. The highest BCUT2D eigenvalue weighted by Crippen LogP contribution is 2.38. The predicted octanol–water partition coefficient (Wildman–Crippen LogP) is 4.72. The van der Waals surface area contributed by atoms with Crippen LogP contribution in [-0.2, 0) is 16.1 Å². The number of anilines is 1. The van der Waals surface area contributed by atoms with Gasteiger partial charge >= 0.3 is 0 Å². The third-order valence-corrected chi connectivity index (χ3v) is 7.05. The minimum absolute atomic E-state index is 0.0210. The predicted molar refractivity (Wildman–Crippen MR) is 130 cm³/mol. The van der Waals surface area contributed by atoms with Gasteiger partial charge in [-0.2, -0.15) is 0 Å². The first-order valence-electron chi connectivity index (χ1n) is 11.8. The van der Waals surface area contributed by atoms with Gasteiger partial charge in [0.1, 0.15) is 17.9 Å². The Bertz CT molecular complexity index is 981. The van der Waals surface area contributed by atoms with Crippen molar-refractivity contribution in [1.82, 2.24) is 9.80 Å². The van der Waals surface area contributed by atoms with Gasteiger partial charge in [0.25, 0.3) is 0 Å². The van der Waals surface area contributed by atoms with E-state index in [4.69, 9.17) is 16.3 Å². The van der Waals surface area contributed by atoms with Gasteiger partial charge in [-0.25, -0.2) is 0 Å². The molecule has 0 unspecified atom stereocenters. The second-order valence-corrected chi connectivity index (χ2v) is 9.38. The quantitative estimate of drug-likeness (QED) is 0.691. The second kappa shape index (κ2) is 10.6. The molecule has 176 valence electrons. The van der Waals surface area contributed by atoms with Crippen molar-refractivity contribution in [2.45, 2.75) is 51.1 Å². The standard InChI is InChI=1S/C26H32ClN3O3/c1-20(31)29-15-5-4-13-26(14-6-16-30(26)19-21-9-11-22(27)12-10-21)25(32)28-23-7-2-3-8-24(23)33-18-17-29/h2-3,7-12H,4-6,13-19H2,1H3,(H,28,32)/t26-/m1/s1. The highest BCUT2D eigenvalue weighted by molar-refractivity contribution is 6.30. The maximum atomic E-state index is 13.8. The zero-order chi connectivity index (χ0) is 23.3. The van der Waals surface area contributed by atoms with Crippen LogP contribution in [0.3, 0.4) is 0 Å². The van der Waals surface area contributed by atoms with Gasteiger partial charge in [0.15, 0.2) is 0 Å². The Morgan fingerprint density at radius 2 is 1.79 bits per heavy atom. The molecule has 0 aliphatic carbocycles. The monoisotopic (exact) mass is 469 g/mol. The number of para-hydroxylation sites is 2. The number of ether oxygens (including phenoxy) is 1. The van der Waals surface area contributed by atoms with Gasteiger partial charge in [0.05, 0.1) is 12.2 Å². The van der Waals surface area contributed by atoms with Crippen LogP contribution in [0.15, 0.2) is 48.5 Å². The molecule has 2 aliphatic heterocycles.